The van der Waals surface area contributed by atoms with Crippen molar-refractivity contribution in [3.63, 3.8) is 0 Å². The van der Waals surface area contributed by atoms with E-state index in [2.05, 4.69) is 0 Å². The van der Waals surface area contributed by atoms with Gasteiger partial charge in [-0.05, 0) is 35.4 Å². The molecule has 0 aliphatic heterocycles. The Labute approximate surface area is 157 Å². The van der Waals surface area contributed by atoms with Crippen LogP contribution in [-0.4, -0.2) is 31.1 Å². The predicted molar refractivity (Wildman–Crippen MR) is 100 cm³/mol. The molecule has 0 heterocycles. The minimum Gasteiger partial charge on any atom is -0.497 e. The molecular weight excluding hydrogens is 348 g/mol. The lowest BCUT2D eigenvalue weighted by Gasteiger charge is -2.37. The van der Waals surface area contributed by atoms with Crippen molar-refractivity contribution in [1.29, 1.82) is 0 Å². The molecule has 0 saturated heterocycles. The van der Waals surface area contributed by atoms with E-state index < -0.39 is 29.3 Å². The van der Waals surface area contributed by atoms with Crippen molar-refractivity contribution in [2.45, 2.75) is 12.5 Å². The van der Waals surface area contributed by atoms with Crippen LogP contribution in [0.2, 0.25) is 0 Å². The minimum atomic E-state index is -1.70. The Morgan fingerprint density at radius 1 is 0.852 bits per heavy atom. The first-order valence-corrected chi connectivity index (χ1v) is 8.35. The fourth-order valence-corrected chi connectivity index (χ4v) is 3.26. The van der Waals surface area contributed by atoms with Crippen LogP contribution in [0.1, 0.15) is 18.1 Å². The van der Waals surface area contributed by atoms with Crippen molar-refractivity contribution < 1.29 is 24.2 Å². The quantitative estimate of drug-likeness (QED) is 0.600. The average Bonchev–Trinajstić information content (AvgIpc) is 2.66. The molecule has 144 valence electrons. The Kier molecular flexibility index (Phi) is 6.07. The summed E-state index contributed by atoms with van der Waals surface area (Å²) in [5.41, 5.74) is 10.0. The Hall–Kier alpha value is -3.06. The summed E-state index contributed by atoms with van der Waals surface area (Å²) in [5, 5.41) is 11.7. The zero-order chi connectivity index (χ0) is 20.2. The van der Waals surface area contributed by atoms with Gasteiger partial charge in [-0.15, -0.1) is 0 Å². The number of hydrogen-bond donors (Lipinski definition) is 3. The lowest BCUT2D eigenvalue weighted by atomic mass is 9.71. The van der Waals surface area contributed by atoms with Gasteiger partial charge < -0.3 is 26.0 Å². The summed E-state index contributed by atoms with van der Waals surface area (Å²) >= 11 is 0. The number of carbonyl (C=O) groups is 2. The van der Waals surface area contributed by atoms with Gasteiger partial charge in [0.2, 0.25) is 11.8 Å². The van der Waals surface area contributed by atoms with Crippen LogP contribution in [0.5, 0.6) is 11.5 Å². The SMILES string of the molecule is COc1ccc(C(O)(c2ccc(OC)cc2)[C@H](C)C(C(N)=O)C(N)=O)cc1. The normalized spacial score (nSPS) is 12.5. The lowest BCUT2D eigenvalue weighted by Crippen LogP contribution is -2.48. The number of amides is 2. The third-order valence-electron chi connectivity index (χ3n) is 4.83. The molecule has 5 N–H and O–H groups in total. The molecule has 0 aliphatic carbocycles. The van der Waals surface area contributed by atoms with E-state index >= 15 is 0 Å². The van der Waals surface area contributed by atoms with Gasteiger partial charge in [0, 0.05) is 5.92 Å². The van der Waals surface area contributed by atoms with Gasteiger partial charge in [-0.1, -0.05) is 31.2 Å². The summed E-state index contributed by atoms with van der Waals surface area (Å²) < 4.78 is 10.3. The van der Waals surface area contributed by atoms with E-state index in [0.29, 0.717) is 22.6 Å². The van der Waals surface area contributed by atoms with Crippen LogP contribution < -0.4 is 20.9 Å². The average molecular weight is 372 g/mol. The van der Waals surface area contributed by atoms with Crippen molar-refractivity contribution in [2.75, 3.05) is 14.2 Å². The first-order valence-electron chi connectivity index (χ1n) is 8.35. The van der Waals surface area contributed by atoms with Gasteiger partial charge in [0.15, 0.2) is 0 Å². The number of carbonyl (C=O) groups excluding carboxylic acids is 2. The molecule has 7 heteroatoms. The van der Waals surface area contributed by atoms with Gasteiger partial charge in [0.25, 0.3) is 0 Å². The molecule has 0 aliphatic rings. The third kappa shape index (κ3) is 3.88. The Balaban J connectivity index is 2.64. The lowest BCUT2D eigenvalue weighted by molar-refractivity contribution is -0.138. The summed E-state index contributed by atoms with van der Waals surface area (Å²) in [7, 11) is 3.06. The van der Waals surface area contributed by atoms with Gasteiger partial charge in [-0.2, -0.15) is 0 Å². The second-order valence-corrected chi connectivity index (χ2v) is 6.29. The molecule has 2 rings (SSSR count). The molecule has 7 nitrogen and oxygen atoms in total. The van der Waals surface area contributed by atoms with Gasteiger partial charge in [-0.3, -0.25) is 9.59 Å². The van der Waals surface area contributed by atoms with Gasteiger partial charge in [-0.25, -0.2) is 0 Å². The van der Waals surface area contributed by atoms with E-state index in [-0.39, 0.29) is 0 Å². The highest BCUT2D eigenvalue weighted by Crippen LogP contribution is 2.41. The number of aliphatic hydroxyl groups is 1. The van der Waals surface area contributed by atoms with Crippen molar-refractivity contribution >= 4 is 11.8 Å². The van der Waals surface area contributed by atoms with Crippen molar-refractivity contribution in [3.8, 4) is 11.5 Å². The zero-order valence-corrected chi connectivity index (χ0v) is 15.5. The van der Waals surface area contributed by atoms with Crippen LogP contribution in [0.15, 0.2) is 48.5 Å². The molecular formula is C20H24N2O5. The molecule has 0 spiro atoms. The van der Waals surface area contributed by atoms with Crippen LogP contribution in [0, 0.1) is 11.8 Å². The largest absolute Gasteiger partial charge is 0.497 e. The second kappa shape index (κ2) is 8.09. The van der Waals surface area contributed by atoms with E-state index in [1.54, 1.807) is 55.5 Å². The molecule has 0 aromatic heterocycles. The van der Waals surface area contributed by atoms with E-state index in [0.717, 1.165) is 0 Å². The third-order valence-corrected chi connectivity index (χ3v) is 4.83. The summed E-state index contributed by atoms with van der Waals surface area (Å²) in [5.74, 6) is -2.87. The van der Waals surface area contributed by atoms with Crippen molar-refractivity contribution in [3.05, 3.63) is 59.7 Å². The summed E-state index contributed by atoms with van der Waals surface area (Å²) in [6.07, 6.45) is 0. The molecule has 0 fully saturated rings. The molecule has 0 saturated carbocycles. The van der Waals surface area contributed by atoms with Crippen LogP contribution in [0.25, 0.3) is 0 Å². The first kappa shape index (κ1) is 20.3. The molecule has 1 atom stereocenters. The van der Waals surface area contributed by atoms with E-state index in [4.69, 9.17) is 20.9 Å². The maximum absolute atomic E-state index is 11.9. The number of hydrogen-bond acceptors (Lipinski definition) is 5. The fourth-order valence-electron chi connectivity index (χ4n) is 3.26. The maximum atomic E-state index is 11.9. The van der Waals surface area contributed by atoms with Crippen LogP contribution >= 0.6 is 0 Å². The van der Waals surface area contributed by atoms with E-state index in [1.807, 2.05) is 0 Å². The molecule has 27 heavy (non-hydrogen) atoms. The Morgan fingerprint density at radius 2 is 1.19 bits per heavy atom. The molecule has 2 amide bonds. The topological polar surface area (TPSA) is 125 Å². The van der Waals surface area contributed by atoms with Gasteiger partial charge >= 0.3 is 0 Å². The van der Waals surface area contributed by atoms with Crippen molar-refractivity contribution in [1.82, 2.24) is 0 Å². The number of primary amides is 2. The number of benzene rings is 2. The number of rotatable bonds is 8. The standard InChI is InChI=1S/C20H24N2O5/c1-12(17(18(21)23)19(22)24)20(25,13-4-8-15(26-2)9-5-13)14-6-10-16(27-3)11-7-14/h4-12,17,25H,1-3H3,(H2,21,23)(H2,22,24)/t12-/m1/s1. The van der Waals surface area contributed by atoms with Gasteiger partial charge in [0.1, 0.15) is 23.0 Å². The zero-order valence-electron chi connectivity index (χ0n) is 15.5. The van der Waals surface area contributed by atoms with E-state index in [9.17, 15) is 14.7 Å². The number of ether oxygens (including phenoxy) is 2. The first-order chi connectivity index (χ1) is 12.7. The predicted octanol–water partition coefficient (Wildman–Crippen LogP) is 1.16. The summed E-state index contributed by atoms with van der Waals surface area (Å²) in [4.78, 5) is 23.7. The molecule has 0 unspecified atom stereocenters. The van der Waals surface area contributed by atoms with Crippen molar-refractivity contribution in [2.24, 2.45) is 23.3 Å². The Bertz CT molecular complexity index is 741. The highest BCUT2D eigenvalue weighted by Gasteiger charge is 2.45. The smallest absolute Gasteiger partial charge is 0.230 e. The van der Waals surface area contributed by atoms with Crippen LogP contribution in [0.4, 0.5) is 0 Å². The maximum Gasteiger partial charge on any atom is 0.230 e. The number of methoxy groups -OCH3 is 2. The highest BCUT2D eigenvalue weighted by atomic mass is 16.5. The van der Waals surface area contributed by atoms with Crippen LogP contribution in [0.3, 0.4) is 0 Å². The fraction of sp³-hybridized carbons (Fsp3) is 0.300. The van der Waals surface area contributed by atoms with Gasteiger partial charge in [0.05, 0.1) is 14.2 Å². The summed E-state index contributed by atoms with van der Waals surface area (Å²) in [6.45, 7) is 1.56. The molecule has 0 radical (unpaired) electrons. The Morgan fingerprint density at radius 3 is 1.44 bits per heavy atom. The number of nitrogens with two attached hydrogens (primary N) is 2. The molecule has 2 aromatic rings. The second-order valence-electron chi connectivity index (χ2n) is 6.29. The monoisotopic (exact) mass is 372 g/mol. The highest BCUT2D eigenvalue weighted by molar-refractivity contribution is 5.99. The molecule has 0 bridgehead atoms. The molecule has 2 aromatic carbocycles. The minimum absolute atomic E-state index is 0.466. The van der Waals surface area contributed by atoms with Crippen LogP contribution in [-0.2, 0) is 15.2 Å². The summed E-state index contributed by atoms with van der Waals surface area (Å²) in [6, 6.07) is 13.4. The van der Waals surface area contributed by atoms with E-state index in [1.165, 1.54) is 14.2 Å².